The monoisotopic (exact) mass is 328 g/mol. The maximum Gasteiger partial charge on any atom is 0.0338 e. The molecule has 0 amide bonds. The van der Waals surface area contributed by atoms with Gasteiger partial charge < -0.3 is 5.32 Å². The Morgan fingerprint density at radius 1 is 1.50 bits per heavy atom. The van der Waals surface area contributed by atoms with E-state index in [2.05, 4.69) is 44.5 Å². The topological polar surface area (TPSA) is 15.3 Å². The van der Waals surface area contributed by atoms with E-state index in [0.29, 0.717) is 11.6 Å². The first kappa shape index (κ1) is 13.1. The van der Waals surface area contributed by atoms with Gasteiger partial charge in [0.05, 0.1) is 0 Å². The Morgan fingerprint density at radius 3 is 2.94 bits per heavy atom. The largest absolute Gasteiger partial charge is 0.311 e. The van der Waals surface area contributed by atoms with Crippen molar-refractivity contribution in [2.75, 3.05) is 13.1 Å². The molecule has 2 nitrogen and oxygen atoms in total. The minimum atomic E-state index is 0.447. The van der Waals surface area contributed by atoms with E-state index in [0.717, 1.165) is 6.54 Å². The van der Waals surface area contributed by atoms with E-state index in [4.69, 9.17) is 0 Å². The van der Waals surface area contributed by atoms with Crippen molar-refractivity contribution in [2.45, 2.75) is 50.7 Å². The fourth-order valence-electron chi connectivity index (χ4n) is 3.45. The lowest BCUT2D eigenvalue weighted by Gasteiger charge is -2.47. The molecule has 2 fully saturated rings. The highest BCUT2D eigenvalue weighted by molar-refractivity contribution is 9.10. The number of piperazine rings is 1. The molecule has 2 aliphatic rings. The summed E-state index contributed by atoms with van der Waals surface area (Å²) in [4.78, 5) is 4.24. The maximum atomic E-state index is 3.69. The molecule has 1 saturated carbocycles. The molecule has 100 valence electrons. The summed E-state index contributed by atoms with van der Waals surface area (Å²) in [6.45, 7) is 5.80. The molecule has 0 aromatic carbocycles. The molecule has 0 bridgehead atoms. The first-order valence-corrected chi connectivity index (χ1v) is 8.57. The third-order valence-corrected chi connectivity index (χ3v) is 6.13. The summed E-state index contributed by atoms with van der Waals surface area (Å²) >= 11 is 5.44. The molecule has 4 heteroatoms. The van der Waals surface area contributed by atoms with E-state index in [1.807, 2.05) is 11.3 Å². The lowest BCUT2D eigenvalue weighted by molar-refractivity contribution is 0.0402. The predicted molar refractivity (Wildman–Crippen MR) is 81.1 cm³/mol. The van der Waals surface area contributed by atoms with Gasteiger partial charge in [-0.05, 0) is 41.8 Å². The number of nitrogens with one attached hydrogen (secondary N) is 1. The molecule has 0 radical (unpaired) electrons. The zero-order valence-electron chi connectivity index (χ0n) is 10.9. The average molecular weight is 329 g/mol. The van der Waals surface area contributed by atoms with Gasteiger partial charge in [0.25, 0.3) is 0 Å². The number of rotatable bonds is 2. The summed E-state index contributed by atoms with van der Waals surface area (Å²) in [6, 6.07) is 2.90. The summed E-state index contributed by atoms with van der Waals surface area (Å²) in [5, 5.41) is 5.88. The second-order valence-corrected chi connectivity index (χ2v) is 7.74. The second kappa shape index (κ2) is 5.23. The molecule has 1 aromatic rings. The van der Waals surface area contributed by atoms with Crippen molar-refractivity contribution in [3.8, 4) is 0 Å². The van der Waals surface area contributed by atoms with Crippen LogP contribution in [0.25, 0.3) is 0 Å². The van der Waals surface area contributed by atoms with E-state index >= 15 is 0 Å². The minimum absolute atomic E-state index is 0.447. The van der Waals surface area contributed by atoms with Crippen LogP contribution in [0.5, 0.6) is 0 Å². The van der Waals surface area contributed by atoms with Gasteiger partial charge in [0, 0.05) is 45.9 Å². The molecule has 1 spiro atoms. The smallest absolute Gasteiger partial charge is 0.0338 e. The van der Waals surface area contributed by atoms with Crippen LogP contribution in [0, 0.1) is 0 Å². The standard InChI is InChI=1S/C14H21BrN2S/c1-11-7-17(8-13-6-12(15)9-18-13)14(10-16-11)4-2-3-5-14/h6,9,11,16H,2-5,7-8,10H2,1H3. The summed E-state index contributed by atoms with van der Waals surface area (Å²) in [7, 11) is 0. The average Bonchev–Trinajstić information content (AvgIpc) is 2.95. The Balaban J connectivity index is 1.77. The van der Waals surface area contributed by atoms with Crippen LogP contribution in [-0.2, 0) is 6.54 Å². The molecule has 1 saturated heterocycles. The van der Waals surface area contributed by atoms with Crippen LogP contribution in [-0.4, -0.2) is 29.6 Å². The van der Waals surface area contributed by atoms with Gasteiger partial charge in [-0.15, -0.1) is 11.3 Å². The Morgan fingerprint density at radius 2 is 2.28 bits per heavy atom. The van der Waals surface area contributed by atoms with E-state index < -0.39 is 0 Å². The van der Waals surface area contributed by atoms with Crippen LogP contribution in [0.1, 0.15) is 37.5 Å². The number of halogens is 1. The SMILES string of the molecule is CC1CN(Cc2cc(Br)cs2)C2(CCCC2)CN1. The second-order valence-electron chi connectivity index (χ2n) is 5.83. The maximum absolute atomic E-state index is 3.69. The lowest BCUT2D eigenvalue weighted by atomic mass is 9.91. The summed E-state index contributed by atoms with van der Waals surface area (Å²) in [6.07, 6.45) is 5.56. The van der Waals surface area contributed by atoms with Gasteiger partial charge in [0.2, 0.25) is 0 Å². The molecule has 18 heavy (non-hydrogen) atoms. The van der Waals surface area contributed by atoms with Crippen molar-refractivity contribution in [1.29, 1.82) is 0 Å². The molecular formula is C14H21BrN2S. The lowest BCUT2D eigenvalue weighted by Crippen LogP contribution is -2.62. The zero-order valence-corrected chi connectivity index (χ0v) is 13.3. The normalized spacial score (nSPS) is 28.0. The summed E-state index contributed by atoms with van der Waals surface area (Å²) in [5.41, 5.74) is 0.447. The van der Waals surface area contributed by atoms with Gasteiger partial charge in [-0.3, -0.25) is 4.90 Å². The van der Waals surface area contributed by atoms with E-state index in [1.54, 1.807) is 0 Å². The first-order chi connectivity index (χ1) is 8.68. The Labute approximate surface area is 122 Å². The zero-order chi connectivity index (χ0) is 12.6. The molecule has 3 rings (SSSR count). The number of thiophene rings is 1. The number of hydrogen-bond acceptors (Lipinski definition) is 3. The number of hydrogen-bond donors (Lipinski definition) is 1. The van der Waals surface area contributed by atoms with E-state index in [1.165, 1.54) is 48.1 Å². The fourth-order valence-corrected chi connectivity index (χ4v) is 4.91. The van der Waals surface area contributed by atoms with Gasteiger partial charge in [0.15, 0.2) is 0 Å². The van der Waals surface area contributed by atoms with Crippen molar-refractivity contribution >= 4 is 27.3 Å². The first-order valence-electron chi connectivity index (χ1n) is 6.89. The fraction of sp³-hybridized carbons (Fsp3) is 0.714. The van der Waals surface area contributed by atoms with Gasteiger partial charge in [-0.2, -0.15) is 0 Å². The molecular weight excluding hydrogens is 308 g/mol. The molecule has 1 unspecified atom stereocenters. The summed E-state index contributed by atoms with van der Waals surface area (Å²) < 4.78 is 1.23. The quantitative estimate of drug-likeness (QED) is 0.892. The van der Waals surface area contributed by atoms with Gasteiger partial charge in [-0.25, -0.2) is 0 Å². The highest BCUT2D eigenvalue weighted by atomic mass is 79.9. The Kier molecular flexibility index (Phi) is 3.81. The van der Waals surface area contributed by atoms with Gasteiger partial charge >= 0.3 is 0 Å². The van der Waals surface area contributed by atoms with E-state index in [9.17, 15) is 0 Å². The summed E-state index contributed by atoms with van der Waals surface area (Å²) in [5.74, 6) is 0. The third-order valence-electron chi connectivity index (χ3n) is 4.45. The third kappa shape index (κ3) is 2.53. The van der Waals surface area contributed by atoms with Crippen LogP contribution in [0.2, 0.25) is 0 Å². The van der Waals surface area contributed by atoms with Crippen molar-refractivity contribution in [3.63, 3.8) is 0 Å². The van der Waals surface area contributed by atoms with Gasteiger partial charge in [0.1, 0.15) is 0 Å². The van der Waals surface area contributed by atoms with Crippen LogP contribution >= 0.6 is 27.3 Å². The van der Waals surface area contributed by atoms with Crippen molar-refractivity contribution in [2.24, 2.45) is 0 Å². The van der Waals surface area contributed by atoms with E-state index in [-0.39, 0.29) is 0 Å². The van der Waals surface area contributed by atoms with Crippen LogP contribution in [0.4, 0.5) is 0 Å². The van der Waals surface area contributed by atoms with Crippen LogP contribution < -0.4 is 5.32 Å². The predicted octanol–water partition coefficient (Wildman–Crippen LogP) is 3.62. The molecule has 2 heterocycles. The highest BCUT2D eigenvalue weighted by Gasteiger charge is 2.42. The van der Waals surface area contributed by atoms with Gasteiger partial charge in [-0.1, -0.05) is 12.8 Å². The molecule has 1 aromatic heterocycles. The molecule has 1 atom stereocenters. The Bertz CT molecular complexity index is 412. The van der Waals surface area contributed by atoms with Crippen molar-refractivity contribution in [1.82, 2.24) is 10.2 Å². The molecule has 1 N–H and O–H groups in total. The molecule has 1 aliphatic heterocycles. The Hall–Kier alpha value is 0.1000. The van der Waals surface area contributed by atoms with Crippen molar-refractivity contribution < 1.29 is 0 Å². The number of nitrogens with zero attached hydrogens (tertiary/aromatic N) is 1. The van der Waals surface area contributed by atoms with Crippen LogP contribution in [0.15, 0.2) is 15.9 Å². The highest BCUT2D eigenvalue weighted by Crippen LogP contribution is 2.38. The van der Waals surface area contributed by atoms with Crippen molar-refractivity contribution in [3.05, 3.63) is 20.8 Å². The minimum Gasteiger partial charge on any atom is -0.311 e. The van der Waals surface area contributed by atoms with Crippen LogP contribution in [0.3, 0.4) is 0 Å². The molecule has 1 aliphatic carbocycles.